The van der Waals surface area contributed by atoms with E-state index in [0.29, 0.717) is 69.0 Å². The second kappa shape index (κ2) is 43.1. The standard InChI is InChI=1S/4C28H44O/c4*1-19(2)20(3)9-10-22(5)26-15-16-27-23(8-7-17-28(26,27)6)12-13-24-18-25(29)14-11-21(24)4/h4*9-10,12-13,19-20,22,25-27,29H,4,7-8,11,14-18H2,1-3,5-6H3/b4*10-9+,23-12+,24-13-/t4*20-,22+,25-,26+,27-,28+/m0000/s1. The number of aliphatic hydroxyl groups excluding tert-OH is 4. The van der Waals surface area contributed by atoms with Crippen molar-refractivity contribution in [2.24, 2.45) is 140 Å². The summed E-state index contributed by atoms with van der Waals surface area (Å²) in [7, 11) is 0. The highest BCUT2D eigenvalue weighted by Gasteiger charge is 2.54. The van der Waals surface area contributed by atoms with Gasteiger partial charge in [-0.05, 0) is 368 Å². The third kappa shape index (κ3) is 24.1. The van der Waals surface area contributed by atoms with Crippen LogP contribution >= 0.6 is 0 Å². The molecule has 0 aromatic heterocycles. The molecule has 12 rings (SSSR count). The van der Waals surface area contributed by atoms with Crippen molar-refractivity contribution in [3.8, 4) is 0 Å². The zero-order chi connectivity index (χ0) is 84.7. The lowest BCUT2D eigenvalue weighted by molar-refractivity contribution is 0.112. The van der Waals surface area contributed by atoms with Crippen LogP contribution in [0.1, 0.15) is 344 Å². The van der Waals surface area contributed by atoms with Gasteiger partial charge in [0.05, 0.1) is 24.4 Å². The third-order valence-electron chi connectivity index (χ3n) is 34.5. The smallest absolute Gasteiger partial charge is 0.0583 e. The van der Waals surface area contributed by atoms with E-state index in [2.05, 4.69) is 262 Å². The molecule has 12 fully saturated rings. The number of rotatable bonds is 20. The minimum Gasteiger partial charge on any atom is -0.393 e. The Kier molecular flexibility index (Phi) is 35.5. The average Bonchev–Trinajstić information content (AvgIpc) is 1.62. The summed E-state index contributed by atoms with van der Waals surface area (Å²) in [6, 6.07) is 0. The summed E-state index contributed by atoms with van der Waals surface area (Å²) in [5, 5.41) is 40.1. The van der Waals surface area contributed by atoms with Gasteiger partial charge in [0.25, 0.3) is 0 Å². The van der Waals surface area contributed by atoms with E-state index in [9.17, 15) is 20.4 Å². The zero-order valence-corrected chi connectivity index (χ0v) is 78.3. The minimum absolute atomic E-state index is 0.182. The average molecular weight is 1590 g/mol. The fourth-order valence-corrected chi connectivity index (χ4v) is 25.0. The van der Waals surface area contributed by atoms with Gasteiger partial charge in [-0.3, -0.25) is 0 Å². The van der Waals surface area contributed by atoms with Crippen LogP contribution < -0.4 is 0 Å². The number of fused-ring (bicyclic) bond motifs is 4. The molecule has 0 spiro atoms. The van der Waals surface area contributed by atoms with Gasteiger partial charge >= 0.3 is 0 Å². The Bertz CT molecular complexity index is 3190. The fourth-order valence-electron chi connectivity index (χ4n) is 25.0. The Balaban J connectivity index is 0.000000177. The molecular weight excluding hydrogens is 1410 g/mol. The number of allylic oxidation sites excluding steroid dienone is 24. The van der Waals surface area contributed by atoms with Crippen LogP contribution in [0, 0.1) is 140 Å². The van der Waals surface area contributed by atoms with E-state index in [0.717, 1.165) is 148 Å². The van der Waals surface area contributed by atoms with Gasteiger partial charge in [0.1, 0.15) is 0 Å². The van der Waals surface area contributed by atoms with Crippen molar-refractivity contribution in [3.63, 3.8) is 0 Å². The summed E-state index contributed by atoms with van der Waals surface area (Å²) in [6.07, 6.45) is 75.1. The first kappa shape index (κ1) is 95.5. The molecule has 12 aliphatic rings. The maximum absolute atomic E-state index is 10.0. The SMILES string of the molecule is C=C1CC[C@H](O)C/C1=C/C=C1\CCC[C@]2(C)[C@@H]([C@H](C)/C=C/[C@H](C)C(C)C)CC[C@@H]12.C=C1CC[C@H](O)C/C1=C/C=C1\CCC[C@]2(C)[C@@H]([C@H](C)/C=C/[C@H](C)C(C)C)CC[C@@H]12.C=C1CC[C@H](O)C/C1=C/C=C1\CCC[C@]2(C)[C@@H]([C@H](C)/C=C/[C@H](C)C(C)C)CC[C@@H]12.C=C1CC[C@H](O)C/C1=C/C=C1\CCC[C@]2(C)[C@@H]([C@H](C)/C=C/[C@H](C)C(C)C)CC[C@@H]12. The van der Waals surface area contributed by atoms with Crippen molar-refractivity contribution in [2.75, 3.05) is 0 Å². The Morgan fingerprint density at radius 1 is 0.259 bits per heavy atom. The van der Waals surface area contributed by atoms with Crippen molar-refractivity contribution < 1.29 is 20.4 Å². The highest BCUT2D eigenvalue weighted by atomic mass is 16.3. The summed E-state index contributed by atoms with van der Waals surface area (Å²) in [5.41, 5.74) is 18.4. The molecular formula is C112H176O4. The lowest BCUT2D eigenvalue weighted by Gasteiger charge is -2.44. The number of aliphatic hydroxyl groups is 4. The quantitative estimate of drug-likeness (QED) is 0.0916. The number of hydrogen-bond donors (Lipinski definition) is 4. The van der Waals surface area contributed by atoms with Crippen molar-refractivity contribution in [1.82, 2.24) is 0 Å². The number of hydrogen-bond acceptors (Lipinski definition) is 4. The molecule has 0 amide bonds. The first-order chi connectivity index (χ1) is 54.9. The summed E-state index contributed by atoms with van der Waals surface area (Å²) >= 11 is 0. The first-order valence-corrected chi connectivity index (χ1v) is 48.6. The Labute approximate surface area is 714 Å². The lowest BCUT2D eigenvalue weighted by atomic mass is 9.61. The van der Waals surface area contributed by atoms with Crippen LogP contribution in [-0.2, 0) is 0 Å². The van der Waals surface area contributed by atoms with Crippen molar-refractivity contribution in [1.29, 1.82) is 0 Å². The molecule has 0 radical (unpaired) electrons. The van der Waals surface area contributed by atoms with Crippen LogP contribution in [-0.4, -0.2) is 44.8 Å². The van der Waals surface area contributed by atoms with Gasteiger partial charge in [-0.1, -0.05) is 307 Å². The molecule has 12 saturated carbocycles. The molecule has 0 heterocycles. The van der Waals surface area contributed by atoms with E-state index in [1.807, 2.05) is 0 Å². The molecule has 24 atom stereocenters. The Morgan fingerprint density at radius 2 is 0.448 bits per heavy atom. The van der Waals surface area contributed by atoms with Gasteiger partial charge in [0.15, 0.2) is 0 Å². The molecule has 4 heteroatoms. The third-order valence-corrected chi connectivity index (χ3v) is 34.5. The zero-order valence-electron chi connectivity index (χ0n) is 78.3. The van der Waals surface area contributed by atoms with Crippen LogP contribution in [0.25, 0.3) is 0 Å². The molecule has 0 unspecified atom stereocenters. The first-order valence-electron chi connectivity index (χ1n) is 48.6. The molecule has 0 aromatic carbocycles. The van der Waals surface area contributed by atoms with Gasteiger partial charge in [-0.25, -0.2) is 0 Å². The topological polar surface area (TPSA) is 80.9 Å². The highest BCUT2D eigenvalue weighted by Crippen LogP contribution is 2.64. The molecule has 116 heavy (non-hydrogen) atoms. The minimum atomic E-state index is -0.182. The van der Waals surface area contributed by atoms with Crippen LogP contribution in [0.4, 0.5) is 0 Å². The molecule has 0 bridgehead atoms. The van der Waals surface area contributed by atoms with Crippen LogP contribution in [0.15, 0.2) is 190 Å². The Morgan fingerprint density at radius 3 is 0.629 bits per heavy atom. The molecule has 0 aromatic rings. The van der Waals surface area contributed by atoms with Gasteiger partial charge in [0.2, 0.25) is 0 Å². The van der Waals surface area contributed by atoms with Crippen LogP contribution in [0.2, 0.25) is 0 Å². The highest BCUT2D eigenvalue weighted by molar-refractivity contribution is 5.40. The molecule has 12 aliphatic carbocycles. The second-order valence-corrected chi connectivity index (χ2v) is 43.5. The normalized spacial score (nSPS) is 38.2. The maximum Gasteiger partial charge on any atom is 0.0583 e. The van der Waals surface area contributed by atoms with Crippen molar-refractivity contribution in [3.05, 3.63) is 190 Å². The molecule has 0 saturated heterocycles. The molecule has 4 N–H and O–H groups in total. The van der Waals surface area contributed by atoms with Gasteiger partial charge < -0.3 is 20.4 Å². The van der Waals surface area contributed by atoms with E-state index in [1.165, 1.54) is 173 Å². The molecule has 0 aliphatic heterocycles. The van der Waals surface area contributed by atoms with E-state index in [4.69, 9.17) is 0 Å². The second-order valence-electron chi connectivity index (χ2n) is 43.5. The van der Waals surface area contributed by atoms with Crippen LogP contribution in [0.5, 0.6) is 0 Å². The summed E-state index contributed by atoms with van der Waals surface area (Å²) in [6.45, 7) is 65.0. The summed E-state index contributed by atoms with van der Waals surface area (Å²) in [5.74, 6) is 14.3. The fraction of sp³-hybridized carbons (Fsp3) is 0.714. The molecule has 648 valence electrons. The van der Waals surface area contributed by atoms with Crippen molar-refractivity contribution >= 4 is 0 Å². The predicted octanol–water partition coefficient (Wildman–Crippen LogP) is 30.6. The lowest BCUT2D eigenvalue weighted by Crippen LogP contribution is -2.35. The van der Waals surface area contributed by atoms with Crippen LogP contribution in [0.3, 0.4) is 0 Å². The molecule has 4 nitrogen and oxygen atoms in total. The van der Waals surface area contributed by atoms with Gasteiger partial charge in [0, 0.05) is 0 Å². The van der Waals surface area contributed by atoms with E-state index in [1.54, 1.807) is 22.3 Å². The largest absolute Gasteiger partial charge is 0.393 e. The monoisotopic (exact) mass is 1590 g/mol. The Hall–Kier alpha value is -4.32. The summed E-state index contributed by atoms with van der Waals surface area (Å²) in [4.78, 5) is 0. The van der Waals surface area contributed by atoms with E-state index in [-0.39, 0.29) is 24.4 Å². The van der Waals surface area contributed by atoms with E-state index >= 15 is 0 Å². The summed E-state index contributed by atoms with van der Waals surface area (Å²) < 4.78 is 0. The predicted molar refractivity (Wildman–Crippen MR) is 503 cm³/mol. The van der Waals surface area contributed by atoms with Gasteiger partial charge in [-0.2, -0.15) is 0 Å². The van der Waals surface area contributed by atoms with Gasteiger partial charge in [-0.15, -0.1) is 0 Å². The van der Waals surface area contributed by atoms with Crippen molar-refractivity contribution in [2.45, 2.75) is 368 Å². The maximum atomic E-state index is 10.0. The van der Waals surface area contributed by atoms with E-state index < -0.39 is 0 Å².